The van der Waals surface area contributed by atoms with Crippen LogP contribution in [-0.4, -0.2) is 66.2 Å². The van der Waals surface area contributed by atoms with E-state index in [9.17, 15) is 18.4 Å². The molecular weight excluding hydrogens is 596 g/mol. The molecule has 0 spiro atoms. The number of carbonyl (C=O) groups is 2. The summed E-state index contributed by atoms with van der Waals surface area (Å²) in [5.74, 6) is -1.39. The number of carbonyl (C=O) groups excluding carboxylic acids is 2. The minimum atomic E-state index is -3.81. The van der Waals surface area contributed by atoms with E-state index in [-0.39, 0.29) is 33.3 Å². The Bertz CT molecular complexity index is 1700. The van der Waals surface area contributed by atoms with E-state index in [4.69, 9.17) is 11.6 Å². The molecule has 3 N–H and O–H groups in total. The molecule has 0 bridgehead atoms. The third kappa shape index (κ3) is 6.63. The summed E-state index contributed by atoms with van der Waals surface area (Å²) in [5, 5.41) is 8.70. The van der Waals surface area contributed by atoms with Crippen LogP contribution < -0.4 is 30.3 Å². The Hall–Kier alpha value is -5.01. The smallest absolute Gasteiger partial charge is 0.395 e. The first-order valence-corrected chi connectivity index (χ1v) is 13.9. The van der Waals surface area contributed by atoms with Crippen molar-refractivity contribution >= 4 is 52.1 Å². The van der Waals surface area contributed by atoms with E-state index in [1.165, 1.54) is 42.7 Å². The van der Waals surface area contributed by atoms with Crippen molar-refractivity contribution < 1.29 is 27.8 Å². The van der Waals surface area contributed by atoms with Crippen LogP contribution in [-0.2, 0) is 0 Å². The average molecular weight is 622 g/mol. The summed E-state index contributed by atoms with van der Waals surface area (Å²) in [7, 11) is 2.12. The van der Waals surface area contributed by atoms with Crippen LogP contribution >= 0.6 is 11.6 Å². The van der Waals surface area contributed by atoms with Gasteiger partial charge in [0.2, 0.25) is 5.95 Å². The Kier molecular flexibility index (Phi) is 7.89. The number of alkyl halides is 2. The Morgan fingerprint density at radius 2 is 1.55 bits per heavy atom. The summed E-state index contributed by atoms with van der Waals surface area (Å²) in [5.41, 5.74) is 2.48. The molecule has 3 aromatic carbocycles. The van der Waals surface area contributed by atoms with Crippen LogP contribution in [0.5, 0.6) is 11.5 Å². The fraction of sp³-hybridized carbons (Fsp3) is 0.200. The summed E-state index contributed by atoms with van der Waals surface area (Å²) in [6, 6.07) is 16.0. The molecule has 1 saturated heterocycles. The van der Waals surface area contributed by atoms with Gasteiger partial charge in [0.15, 0.2) is 11.5 Å². The topological polar surface area (TPSA) is 121 Å². The van der Waals surface area contributed by atoms with Crippen LogP contribution in [0.2, 0.25) is 5.02 Å². The monoisotopic (exact) mass is 621 g/mol. The molecule has 2 amide bonds. The van der Waals surface area contributed by atoms with Crippen molar-refractivity contribution in [3.63, 3.8) is 0 Å². The molecule has 3 heterocycles. The van der Waals surface area contributed by atoms with Gasteiger partial charge in [-0.2, -0.15) is 0 Å². The molecule has 0 radical (unpaired) electrons. The van der Waals surface area contributed by atoms with E-state index >= 15 is 0 Å². The lowest BCUT2D eigenvalue weighted by Gasteiger charge is -2.34. The fourth-order valence-electron chi connectivity index (χ4n) is 4.70. The van der Waals surface area contributed by atoms with E-state index in [1.54, 1.807) is 0 Å². The van der Waals surface area contributed by atoms with Gasteiger partial charge in [-0.05, 0) is 67.7 Å². The molecule has 2 aliphatic heterocycles. The summed E-state index contributed by atoms with van der Waals surface area (Å²) in [6.45, 7) is 4.01. The van der Waals surface area contributed by atoms with Gasteiger partial charge in [0, 0.05) is 48.1 Å². The predicted octanol–water partition coefficient (Wildman–Crippen LogP) is 5.45. The van der Waals surface area contributed by atoms with Crippen LogP contribution in [0.3, 0.4) is 0 Å². The van der Waals surface area contributed by atoms with Crippen molar-refractivity contribution in [1.29, 1.82) is 0 Å². The van der Waals surface area contributed by atoms with Crippen molar-refractivity contribution in [1.82, 2.24) is 14.9 Å². The van der Waals surface area contributed by atoms with Gasteiger partial charge in [-0.1, -0.05) is 11.6 Å². The minimum absolute atomic E-state index is 0.0109. The van der Waals surface area contributed by atoms with Gasteiger partial charge in [0.05, 0.1) is 29.3 Å². The molecule has 6 rings (SSSR count). The molecular formula is C30H26ClF2N7O4. The highest BCUT2D eigenvalue weighted by atomic mass is 35.5. The van der Waals surface area contributed by atoms with Gasteiger partial charge in [0.1, 0.15) is 0 Å². The van der Waals surface area contributed by atoms with E-state index in [1.807, 2.05) is 12.1 Å². The minimum Gasteiger partial charge on any atom is -0.395 e. The number of ether oxygens (including phenoxy) is 2. The highest BCUT2D eigenvalue weighted by molar-refractivity contribution is 6.31. The summed E-state index contributed by atoms with van der Waals surface area (Å²) in [6.07, 6.45) is -0.930. The molecule has 0 atom stereocenters. The maximum Gasteiger partial charge on any atom is 0.586 e. The molecule has 1 aromatic heterocycles. The number of piperazine rings is 1. The number of benzene rings is 3. The first-order chi connectivity index (χ1) is 21.1. The first-order valence-electron chi connectivity index (χ1n) is 13.6. The number of nitrogens with one attached hydrogen (secondary N) is 3. The van der Waals surface area contributed by atoms with Crippen molar-refractivity contribution in [3.8, 4) is 11.5 Å². The number of halogens is 3. The van der Waals surface area contributed by atoms with Gasteiger partial charge in [0.25, 0.3) is 11.8 Å². The van der Waals surface area contributed by atoms with Gasteiger partial charge in [-0.3, -0.25) is 9.59 Å². The Morgan fingerprint density at radius 1 is 0.841 bits per heavy atom. The predicted molar refractivity (Wildman–Crippen MR) is 161 cm³/mol. The van der Waals surface area contributed by atoms with Crippen LogP contribution in [0.4, 0.5) is 37.5 Å². The van der Waals surface area contributed by atoms with E-state index < -0.39 is 18.1 Å². The second kappa shape index (κ2) is 11.9. The number of likely N-dealkylation sites (N-methyl/N-ethyl adjacent to an activating group) is 1. The standard InChI is InChI=1S/C30H26ClF2N7O4/c1-39-10-12-40(13-11-39)22-6-4-20(5-7-22)37-29-34-16-21(17-35-29)36-28(42)23-15-19(31)3-8-24(23)38-27(41)18-2-9-25-26(14-18)44-30(32,33)43-25/h2-9,14-17H,10-13H2,1H3,(H,36,42)(H,38,41)(H,34,35,37). The van der Waals surface area contributed by atoms with Crippen molar-refractivity contribution in [2.75, 3.05) is 54.1 Å². The van der Waals surface area contributed by atoms with Crippen molar-refractivity contribution in [3.05, 3.63) is 89.2 Å². The van der Waals surface area contributed by atoms with Gasteiger partial charge < -0.3 is 35.2 Å². The fourth-order valence-corrected chi connectivity index (χ4v) is 4.88. The Morgan fingerprint density at radius 3 is 2.27 bits per heavy atom. The lowest BCUT2D eigenvalue weighted by molar-refractivity contribution is -0.286. The molecule has 1 fully saturated rings. The lowest BCUT2D eigenvalue weighted by Crippen LogP contribution is -2.44. The number of fused-ring (bicyclic) bond motifs is 1. The molecule has 44 heavy (non-hydrogen) atoms. The number of hydrogen-bond acceptors (Lipinski definition) is 9. The van der Waals surface area contributed by atoms with Crippen molar-refractivity contribution in [2.45, 2.75) is 6.29 Å². The molecule has 2 aliphatic rings. The summed E-state index contributed by atoms with van der Waals surface area (Å²) in [4.78, 5) is 39.3. The highest BCUT2D eigenvalue weighted by Crippen LogP contribution is 2.41. The van der Waals surface area contributed by atoms with Gasteiger partial charge in [-0.15, -0.1) is 8.78 Å². The third-order valence-corrected chi connectivity index (χ3v) is 7.27. The van der Waals surface area contributed by atoms with Crippen LogP contribution in [0.1, 0.15) is 20.7 Å². The summed E-state index contributed by atoms with van der Waals surface area (Å²) >= 11 is 6.13. The maximum atomic E-state index is 13.4. The van der Waals surface area contributed by atoms with Crippen LogP contribution in [0.15, 0.2) is 73.1 Å². The number of nitrogens with zero attached hydrogens (tertiary/aromatic N) is 4. The summed E-state index contributed by atoms with van der Waals surface area (Å²) < 4.78 is 35.5. The molecule has 4 aromatic rings. The SMILES string of the molecule is CN1CCN(c2ccc(Nc3ncc(NC(=O)c4cc(Cl)ccc4NC(=O)c4ccc5c(c4)OC(F)(F)O5)cn3)cc2)CC1. The van der Waals surface area contributed by atoms with Gasteiger partial charge >= 0.3 is 6.29 Å². The van der Waals surface area contributed by atoms with Crippen LogP contribution in [0, 0.1) is 0 Å². The number of aromatic nitrogens is 2. The number of amides is 2. The Labute approximate surface area is 255 Å². The van der Waals surface area contributed by atoms with Gasteiger partial charge in [-0.25, -0.2) is 9.97 Å². The molecule has 11 nitrogen and oxygen atoms in total. The first kappa shape index (κ1) is 29.1. The highest BCUT2D eigenvalue weighted by Gasteiger charge is 2.43. The third-order valence-electron chi connectivity index (χ3n) is 7.04. The second-order valence-electron chi connectivity index (χ2n) is 10.2. The van der Waals surface area contributed by atoms with E-state index in [0.29, 0.717) is 11.6 Å². The quantitative estimate of drug-likeness (QED) is 0.247. The largest absolute Gasteiger partial charge is 0.586 e. The van der Waals surface area contributed by atoms with Crippen molar-refractivity contribution in [2.24, 2.45) is 0 Å². The second-order valence-corrected chi connectivity index (χ2v) is 10.6. The molecule has 0 saturated carbocycles. The van der Waals surface area contributed by atoms with Crippen LogP contribution in [0.25, 0.3) is 0 Å². The molecule has 0 aliphatic carbocycles. The van der Waals surface area contributed by atoms with E-state index in [2.05, 4.69) is 64.4 Å². The number of hydrogen-bond donors (Lipinski definition) is 3. The maximum absolute atomic E-state index is 13.4. The molecule has 226 valence electrons. The lowest BCUT2D eigenvalue weighted by atomic mass is 10.1. The zero-order valence-corrected chi connectivity index (χ0v) is 24.1. The molecule has 14 heteroatoms. The number of rotatable bonds is 7. The zero-order chi connectivity index (χ0) is 30.8. The zero-order valence-electron chi connectivity index (χ0n) is 23.3. The van der Waals surface area contributed by atoms with E-state index in [0.717, 1.165) is 43.6 Å². The average Bonchev–Trinajstić information content (AvgIpc) is 3.33. The number of anilines is 5. The molecule has 0 unspecified atom stereocenters. The normalized spacial score (nSPS) is 15.5. The Balaban J connectivity index is 1.09.